The minimum Gasteiger partial charge on any atom is -0.492 e. The summed E-state index contributed by atoms with van der Waals surface area (Å²) < 4.78 is 77.0. The van der Waals surface area contributed by atoms with Crippen molar-refractivity contribution in [1.82, 2.24) is 5.32 Å². The Hall–Kier alpha value is -3.67. The third-order valence-electron chi connectivity index (χ3n) is 6.19. The molecule has 1 heterocycles. The molecule has 0 fully saturated rings. The first-order chi connectivity index (χ1) is 18.5. The van der Waals surface area contributed by atoms with Crippen molar-refractivity contribution in [1.29, 1.82) is 0 Å². The van der Waals surface area contributed by atoms with Crippen molar-refractivity contribution in [2.24, 2.45) is 0 Å². The molecular weight excluding hydrogens is 591 g/mol. The summed E-state index contributed by atoms with van der Waals surface area (Å²) in [7, 11) is 0. The third kappa shape index (κ3) is 6.49. The number of amides is 1. The molecule has 1 aliphatic heterocycles. The van der Waals surface area contributed by atoms with Gasteiger partial charge in [0.15, 0.2) is 0 Å². The van der Waals surface area contributed by atoms with Crippen LogP contribution in [0, 0.1) is 11.6 Å². The number of anilines is 1. The molecule has 0 aromatic heterocycles. The van der Waals surface area contributed by atoms with E-state index in [1.54, 1.807) is 12.1 Å². The van der Waals surface area contributed by atoms with Gasteiger partial charge in [-0.3, -0.25) is 4.79 Å². The van der Waals surface area contributed by atoms with Crippen molar-refractivity contribution >= 4 is 33.5 Å². The van der Waals surface area contributed by atoms with Crippen LogP contribution in [0.5, 0.6) is 5.75 Å². The van der Waals surface area contributed by atoms with E-state index in [4.69, 9.17) is 4.74 Å². The Balaban J connectivity index is 1.56. The molecule has 206 valence electrons. The van der Waals surface area contributed by atoms with Gasteiger partial charge in [-0.05, 0) is 63.7 Å². The van der Waals surface area contributed by atoms with E-state index in [1.807, 2.05) is 0 Å². The Morgan fingerprint density at radius 1 is 1.05 bits per heavy atom. The van der Waals surface area contributed by atoms with E-state index in [9.17, 15) is 36.6 Å². The molecule has 0 aliphatic carbocycles. The fourth-order valence-corrected chi connectivity index (χ4v) is 4.86. The highest BCUT2D eigenvalue weighted by Crippen LogP contribution is 2.37. The van der Waals surface area contributed by atoms with Gasteiger partial charge in [-0.15, -0.1) is 0 Å². The molecule has 1 unspecified atom stereocenters. The number of hydrogen-bond acceptors (Lipinski definition) is 4. The summed E-state index contributed by atoms with van der Waals surface area (Å²) in [6, 6.07) is 7.35. The Morgan fingerprint density at radius 2 is 1.72 bits per heavy atom. The van der Waals surface area contributed by atoms with Crippen molar-refractivity contribution in [2.75, 3.05) is 11.9 Å². The third-order valence-corrected chi connectivity index (χ3v) is 6.82. The molecule has 0 bridgehead atoms. The quantitative estimate of drug-likeness (QED) is 0.264. The summed E-state index contributed by atoms with van der Waals surface area (Å²) in [4.78, 5) is 24.7. The molecule has 1 aliphatic rings. The Morgan fingerprint density at radius 3 is 2.33 bits per heavy atom. The second-order valence-corrected chi connectivity index (χ2v) is 9.73. The first-order valence-corrected chi connectivity index (χ1v) is 12.6. The van der Waals surface area contributed by atoms with Crippen molar-refractivity contribution in [3.8, 4) is 5.75 Å². The standard InChI is InChI=1S/C27H22BrF5N2O4/c28-18-9-8-15(17-7-4-10-39-23(17)18)11-21(26(37)38)35-25(36)22-19(29)12-16(13-20(22)30)34-24(27(31,32)33)14-5-2-1-3-6-14/h1-3,5-6,8-9,12-13,21,24,34H,4,7,10-11H2,(H,35,36)(H,37,38)/t21?,24-/m1/s1. The number of hydrogen-bond donors (Lipinski definition) is 3. The number of fused-ring (bicyclic) bond motifs is 1. The summed E-state index contributed by atoms with van der Waals surface area (Å²) in [6.45, 7) is 0.493. The number of benzene rings is 3. The molecule has 3 aromatic carbocycles. The second kappa shape index (κ2) is 11.6. The van der Waals surface area contributed by atoms with Crippen molar-refractivity contribution in [3.05, 3.63) is 93.0 Å². The van der Waals surface area contributed by atoms with Gasteiger partial charge >= 0.3 is 12.1 Å². The van der Waals surface area contributed by atoms with Crippen LogP contribution in [-0.4, -0.2) is 35.8 Å². The van der Waals surface area contributed by atoms with Crippen LogP contribution < -0.4 is 15.4 Å². The average Bonchev–Trinajstić information content (AvgIpc) is 2.88. The van der Waals surface area contributed by atoms with E-state index in [0.717, 1.165) is 5.56 Å². The maximum Gasteiger partial charge on any atom is 0.412 e. The highest BCUT2D eigenvalue weighted by molar-refractivity contribution is 9.10. The van der Waals surface area contributed by atoms with E-state index in [-0.39, 0.29) is 12.0 Å². The second-order valence-electron chi connectivity index (χ2n) is 8.88. The summed E-state index contributed by atoms with van der Waals surface area (Å²) in [5, 5.41) is 13.9. The van der Waals surface area contributed by atoms with E-state index in [1.165, 1.54) is 30.3 Å². The SMILES string of the molecule is O=C(NC(Cc1ccc(Br)c2c1CCCO2)C(=O)O)c1c(F)cc(N[C@H](c2ccccc2)C(F)(F)F)cc1F. The van der Waals surface area contributed by atoms with Crippen LogP contribution in [0.15, 0.2) is 59.1 Å². The summed E-state index contributed by atoms with van der Waals surface area (Å²) in [6.07, 6.45) is -3.66. The van der Waals surface area contributed by atoms with E-state index in [0.29, 0.717) is 47.4 Å². The van der Waals surface area contributed by atoms with Crippen LogP contribution in [0.4, 0.5) is 27.6 Å². The molecule has 0 spiro atoms. The molecule has 4 rings (SSSR count). The molecule has 0 saturated carbocycles. The molecule has 6 nitrogen and oxygen atoms in total. The van der Waals surface area contributed by atoms with Crippen molar-refractivity contribution in [3.63, 3.8) is 0 Å². The van der Waals surface area contributed by atoms with Crippen LogP contribution in [0.3, 0.4) is 0 Å². The van der Waals surface area contributed by atoms with Gasteiger partial charge in [0.1, 0.15) is 35.0 Å². The Kier molecular flexibility index (Phi) is 8.43. The average molecular weight is 613 g/mol. The molecule has 0 saturated heterocycles. The van der Waals surface area contributed by atoms with Crippen LogP contribution in [0.25, 0.3) is 0 Å². The normalized spacial score (nSPS) is 14.5. The monoisotopic (exact) mass is 612 g/mol. The van der Waals surface area contributed by atoms with Crippen LogP contribution >= 0.6 is 15.9 Å². The van der Waals surface area contributed by atoms with Gasteiger partial charge in [-0.25, -0.2) is 13.6 Å². The van der Waals surface area contributed by atoms with Crippen LogP contribution in [0.2, 0.25) is 0 Å². The number of ether oxygens (including phenoxy) is 1. The number of alkyl halides is 3. The maximum atomic E-state index is 14.9. The van der Waals surface area contributed by atoms with Crippen molar-refractivity contribution < 1.29 is 41.4 Å². The minimum atomic E-state index is -4.80. The summed E-state index contributed by atoms with van der Waals surface area (Å²) in [5.41, 5.74) is -0.501. The first kappa shape index (κ1) is 28.3. The first-order valence-electron chi connectivity index (χ1n) is 11.8. The predicted molar refractivity (Wildman–Crippen MR) is 136 cm³/mol. The summed E-state index contributed by atoms with van der Waals surface area (Å²) in [5.74, 6) is -5.14. The molecule has 0 radical (unpaired) electrons. The molecule has 2 atom stereocenters. The van der Waals surface area contributed by atoms with Crippen LogP contribution in [0.1, 0.15) is 39.5 Å². The molecule has 1 amide bonds. The molecular formula is C27H22BrF5N2O4. The zero-order valence-electron chi connectivity index (χ0n) is 20.1. The van der Waals surface area contributed by atoms with Gasteiger partial charge in [0, 0.05) is 12.1 Å². The minimum absolute atomic E-state index is 0.183. The topological polar surface area (TPSA) is 87.7 Å². The highest BCUT2D eigenvalue weighted by Gasteiger charge is 2.41. The number of rotatable bonds is 8. The van der Waals surface area contributed by atoms with Gasteiger partial charge in [-0.1, -0.05) is 36.4 Å². The molecule has 12 heteroatoms. The lowest BCUT2D eigenvalue weighted by molar-refractivity contribution is -0.144. The predicted octanol–water partition coefficient (Wildman–Crippen LogP) is 6.19. The van der Waals surface area contributed by atoms with Gasteiger partial charge in [0.05, 0.1) is 11.1 Å². The highest BCUT2D eigenvalue weighted by atomic mass is 79.9. The Bertz CT molecular complexity index is 1360. The number of aliphatic carboxylic acids is 1. The lowest BCUT2D eigenvalue weighted by atomic mass is 9.95. The van der Waals surface area contributed by atoms with E-state index in [2.05, 4.69) is 26.6 Å². The van der Waals surface area contributed by atoms with Gasteiger partial charge in [0.2, 0.25) is 0 Å². The fraction of sp³-hybridized carbons (Fsp3) is 0.259. The lowest BCUT2D eigenvalue weighted by Crippen LogP contribution is -2.43. The van der Waals surface area contributed by atoms with Gasteiger partial charge in [0.25, 0.3) is 5.91 Å². The number of carbonyl (C=O) groups excluding carboxylic acids is 1. The largest absolute Gasteiger partial charge is 0.492 e. The molecule has 3 aromatic rings. The van der Waals surface area contributed by atoms with Crippen molar-refractivity contribution in [2.45, 2.75) is 37.5 Å². The number of nitrogens with one attached hydrogen (secondary N) is 2. The van der Waals surface area contributed by atoms with Gasteiger partial charge in [-0.2, -0.15) is 13.2 Å². The number of carboxylic acid groups (broad SMARTS) is 1. The number of halogens is 6. The lowest BCUT2D eigenvalue weighted by Gasteiger charge is -2.24. The summed E-state index contributed by atoms with van der Waals surface area (Å²) >= 11 is 3.38. The zero-order valence-corrected chi connectivity index (χ0v) is 21.7. The maximum absolute atomic E-state index is 14.9. The van der Waals surface area contributed by atoms with Crippen LogP contribution in [-0.2, 0) is 17.6 Å². The fourth-order valence-electron chi connectivity index (χ4n) is 4.37. The van der Waals surface area contributed by atoms with E-state index >= 15 is 0 Å². The van der Waals surface area contributed by atoms with Gasteiger partial charge < -0.3 is 20.5 Å². The number of carboxylic acids is 1. The molecule has 3 N–H and O–H groups in total. The zero-order chi connectivity index (χ0) is 28.3. The van der Waals surface area contributed by atoms with E-state index < -0.39 is 53.0 Å². The smallest absolute Gasteiger partial charge is 0.412 e. The Labute approximate surface area is 228 Å². The molecule has 39 heavy (non-hydrogen) atoms. The number of carbonyl (C=O) groups is 2.